The molecule has 0 fully saturated rings. The molecule has 2 amide bonds. The number of hydrogen-bond donors (Lipinski definition) is 2. The summed E-state index contributed by atoms with van der Waals surface area (Å²) in [6, 6.07) is 6.22. The van der Waals surface area contributed by atoms with Crippen molar-refractivity contribution < 1.29 is 24.6 Å². The van der Waals surface area contributed by atoms with E-state index in [0.717, 1.165) is 6.92 Å². The lowest BCUT2D eigenvalue weighted by atomic mass is 10.2. The van der Waals surface area contributed by atoms with Crippen LogP contribution in [0, 0.1) is 0 Å². The van der Waals surface area contributed by atoms with Crippen molar-refractivity contribution in [1.82, 2.24) is 4.90 Å². The average molecular weight is 237 g/mol. The molecule has 17 heavy (non-hydrogen) atoms. The Hall–Kier alpha value is -2.37. The number of carboxylic acid groups (broad SMARTS) is 2. The Labute approximate surface area is 97.1 Å². The molecule has 1 aromatic carbocycles. The number of benzene rings is 1. The maximum absolute atomic E-state index is 11.8. The summed E-state index contributed by atoms with van der Waals surface area (Å²) in [5.41, 5.74) is 0.128. The maximum Gasteiger partial charge on any atom is 0.415 e. The van der Waals surface area contributed by atoms with E-state index >= 15 is 0 Å². The maximum atomic E-state index is 11.8. The van der Waals surface area contributed by atoms with Crippen LogP contribution in [-0.4, -0.2) is 39.1 Å². The van der Waals surface area contributed by atoms with E-state index in [2.05, 4.69) is 0 Å². The van der Waals surface area contributed by atoms with Gasteiger partial charge >= 0.3 is 12.1 Å². The summed E-state index contributed by atoms with van der Waals surface area (Å²) in [6.07, 6.45) is -1.59. The number of hydrogen-bond acceptors (Lipinski definition) is 3. The summed E-state index contributed by atoms with van der Waals surface area (Å²) in [5, 5.41) is 17.6. The third-order valence-corrected chi connectivity index (χ3v) is 2.19. The van der Waals surface area contributed by atoms with Crippen molar-refractivity contribution in [3.05, 3.63) is 35.9 Å². The van der Waals surface area contributed by atoms with E-state index < -0.39 is 24.0 Å². The van der Waals surface area contributed by atoms with Gasteiger partial charge in [-0.3, -0.25) is 4.79 Å². The van der Waals surface area contributed by atoms with Crippen LogP contribution in [0.25, 0.3) is 0 Å². The molecule has 0 aliphatic carbocycles. The Kier molecular flexibility index (Phi) is 3.82. The molecule has 6 nitrogen and oxygen atoms in total. The van der Waals surface area contributed by atoms with E-state index in [9.17, 15) is 14.4 Å². The Morgan fingerprint density at radius 3 is 2.06 bits per heavy atom. The molecule has 1 atom stereocenters. The fourth-order valence-corrected chi connectivity index (χ4v) is 1.26. The van der Waals surface area contributed by atoms with Crippen molar-refractivity contribution in [3.63, 3.8) is 0 Å². The highest BCUT2D eigenvalue weighted by Crippen LogP contribution is 2.09. The molecular weight excluding hydrogens is 226 g/mol. The number of carbonyl (C=O) groups excluding carboxylic acids is 1. The fraction of sp³-hybridized carbons (Fsp3) is 0.182. The van der Waals surface area contributed by atoms with E-state index in [4.69, 9.17) is 10.2 Å². The monoisotopic (exact) mass is 237 g/mol. The van der Waals surface area contributed by atoms with Gasteiger partial charge in [0.1, 0.15) is 6.04 Å². The molecule has 1 aromatic rings. The quantitative estimate of drug-likeness (QED) is 0.825. The Morgan fingerprint density at radius 1 is 1.12 bits per heavy atom. The molecule has 1 rings (SSSR count). The highest BCUT2D eigenvalue weighted by molar-refractivity contribution is 6.04. The minimum atomic E-state index is -1.59. The molecule has 6 heteroatoms. The summed E-state index contributed by atoms with van der Waals surface area (Å²) < 4.78 is 0. The van der Waals surface area contributed by atoms with E-state index in [0.29, 0.717) is 0 Å². The predicted octanol–water partition coefficient (Wildman–Crippen LogP) is 1.28. The zero-order chi connectivity index (χ0) is 13.0. The van der Waals surface area contributed by atoms with Crippen LogP contribution in [0.15, 0.2) is 30.3 Å². The van der Waals surface area contributed by atoms with Gasteiger partial charge in [-0.1, -0.05) is 18.2 Å². The molecule has 0 saturated heterocycles. The zero-order valence-corrected chi connectivity index (χ0v) is 9.03. The summed E-state index contributed by atoms with van der Waals surface area (Å²) in [7, 11) is 0. The lowest BCUT2D eigenvalue weighted by Crippen LogP contribution is -2.46. The van der Waals surface area contributed by atoms with Crippen LogP contribution < -0.4 is 0 Å². The molecular formula is C11H11NO5. The van der Waals surface area contributed by atoms with Crippen LogP contribution in [0.5, 0.6) is 0 Å². The normalized spacial score (nSPS) is 11.6. The van der Waals surface area contributed by atoms with Gasteiger partial charge in [0.25, 0.3) is 5.91 Å². The van der Waals surface area contributed by atoms with E-state index in [1.54, 1.807) is 18.2 Å². The zero-order valence-electron chi connectivity index (χ0n) is 9.03. The van der Waals surface area contributed by atoms with Gasteiger partial charge in [-0.2, -0.15) is 0 Å². The minimum absolute atomic E-state index is 0.128. The molecule has 0 aliphatic rings. The van der Waals surface area contributed by atoms with Gasteiger partial charge in [0, 0.05) is 5.56 Å². The fourth-order valence-electron chi connectivity index (χ4n) is 1.26. The van der Waals surface area contributed by atoms with E-state index in [-0.39, 0.29) is 10.5 Å². The first-order valence-electron chi connectivity index (χ1n) is 4.79. The number of carboxylic acids is 1. The van der Waals surface area contributed by atoms with Crippen molar-refractivity contribution in [1.29, 1.82) is 0 Å². The third-order valence-electron chi connectivity index (χ3n) is 2.19. The summed E-state index contributed by atoms with van der Waals surface area (Å²) in [6.45, 7) is 1.14. The largest absolute Gasteiger partial charge is 0.480 e. The highest BCUT2D eigenvalue weighted by Gasteiger charge is 2.31. The van der Waals surface area contributed by atoms with Crippen molar-refractivity contribution in [2.75, 3.05) is 0 Å². The lowest BCUT2D eigenvalue weighted by molar-refractivity contribution is -0.141. The molecule has 2 N–H and O–H groups in total. The lowest BCUT2D eigenvalue weighted by Gasteiger charge is -2.21. The summed E-state index contributed by atoms with van der Waals surface area (Å²) >= 11 is 0. The van der Waals surface area contributed by atoms with Crippen LogP contribution >= 0.6 is 0 Å². The average Bonchev–Trinajstić information content (AvgIpc) is 2.29. The van der Waals surface area contributed by atoms with Gasteiger partial charge in [-0.15, -0.1) is 0 Å². The molecule has 0 aromatic heterocycles. The van der Waals surface area contributed by atoms with Gasteiger partial charge in [0.2, 0.25) is 0 Å². The first-order valence-corrected chi connectivity index (χ1v) is 4.79. The van der Waals surface area contributed by atoms with Crippen LogP contribution in [0.2, 0.25) is 0 Å². The minimum Gasteiger partial charge on any atom is -0.480 e. The van der Waals surface area contributed by atoms with E-state index in [1.807, 2.05) is 0 Å². The SMILES string of the molecule is C[C@@H](C(=O)O)N(C(=O)O)C(=O)c1ccccc1. The molecule has 0 aliphatic heterocycles. The Balaban J connectivity index is 3.05. The van der Waals surface area contributed by atoms with Crippen LogP contribution in [-0.2, 0) is 4.79 Å². The third kappa shape index (κ3) is 2.81. The van der Waals surface area contributed by atoms with Crippen molar-refractivity contribution in [3.8, 4) is 0 Å². The smallest absolute Gasteiger partial charge is 0.415 e. The Bertz CT molecular complexity index is 442. The van der Waals surface area contributed by atoms with Crippen LogP contribution in [0.4, 0.5) is 4.79 Å². The van der Waals surface area contributed by atoms with Gasteiger partial charge in [-0.05, 0) is 19.1 Å². The molecule has 0 bridgehead atoms. The molecule has 0 spiro atoms. The number of rotatable bonds is 3. The second-order valence-electron chi connectivity index (χ2n) is 3.34. The number of aliphatic carboxylic acids is 1. The first-order chi connectivity index (χ1) is 7.95. The predicted molar refractivity (Wildman–Crippen MR) is 57.7 cm³/mol. The summed E-state index contributed by atoms with van der Waals surface area (Å²) in [5.74, 6) is -2.23. The molecule has 0 saturated carbocycles. The number of carbonyl (C=O) groups is 3. The summed E-state index contributed by atoms with van der Waals surface area (Å²) in [4.78, 5) is 33.7. The number of nitrogens with zero attached hydrogens (tertiary/aromatic N) is 1. The van der Waals surface area contributed by atoms with Crippen LogP contribution in [0.3, 0.4) is 0 Å². The van der Waals surface area contributed by atoms with Crippen molar-refractivity contribution in [2.24, 2.45) is 0 Å². The highest BCUT2D eigenvalue weighted by atomic mass is 16.4. The molecule has 0 radical (unpaired) electrons. The second-order valence-corrected chi connectivity index (χ2v) is 3.34. The molecule has 90 valence electrons. The van der Waals surface area contributed by atoms with Crippen molar-refractivity contribution in [2.45, 2.75) is 13.0 Å². The first kappa shape index (κ1) is 12.7. The molecule has 0 unspecified atom stereocenters. The van der Waals surface area contributed by atoms with Gasteiger partial charge in [-0.25, -0.2) is 14.5 Å². The second kappa shape index (κ2) is 5.11. The van der Waals surface area contributed by atoms with E-state index in [1.165, 1.54) is 12.1 Å². The van der Waals surface area contributed by atoms with Gasteiger partial charge in [0.05, 0.1) is 0 Å². The number of imide groups is 1. The topological polar surface area (TPSA) is 94.9 Å². The standard InChI is InChI=1S/C11H11NO5/c1-7(10(14)15)12(11(16)17)9(13)8-5-3-2-4-6-8/h2-7H,1H3,(H,14,15)(H,16,17)/t7-/m0/s1. The van der Waals surface area contributed by atoms with Gasteiger partial charge < -0.3 is 10.2 Å². The number of amides is 2. The van der Waals surface area contributed by atoms with Crippen molar-refractivity contribution >= 4 is 18.0 Å². The molecule has 0 heterocycles. The Morgan fingerprint density at radius 2 is 1.65 bits per heavy atom. The van der Waals surface area contributed by atoms with Crippen LogP contribution in [0.1, 0.15) is 17.3 Å². The van der Waals surface area contributed by atoms with Gasteiger partial charge in [0.15, 0.2) is 0 Å².